The average molecular weight is 212 g/mol. The first-order valence-corrected chi connectivity index (χ1v) is 7.11. The highest BCUT2D eigenvalue weighted by atomic mass is 33.1. The van der Waals surface area contributed by atoms with Crippen LogP contribution in [-0.4, -0.2) is 11.5 Å². The van der Waals surface area contributed by atoms with Crippen LogP contribution >= 0.6 is 21.6 Å². The van der Waals surface area contributed by atoms with E-state index in [4.69, 9.17) is 0 Å². The molecule has 0 saturated heterocycles. The summed E-state index contributed by atoms with van der Waals surface area (Å²) in [6.07, 6.45) is 8.89. The summed E-state index contributed by atoms with van der Waals surface area (Å²) in [6, 6.07) is 0. The first kappa shape index (κ1) is 11.0. The molecule has 1 rings (SSSR count). The molecule has 2 heteroatoms. The Morgan fingerprint density at radius 2 is 2.23 bits per heavy atom. The zero-order chi connectivity index (χ0) is 9.52. The molecule has 0 spiro atoms. The van der Waals surface area contributed by atoms with Crippen molar-refractivity contribution in [1.29, 1.82) is 0 Å². The second-order valence-electron chi connectivity index (χ2n) is 3.06. The summed E-state index contributed by atoms with van der Waals surface area (Å²) in [5, 5.41) is 0. The lowest BCUT2D eigenvalue weighted by atomic mass is 10.1. The fourth-order valence-electron chi connectivity index (χ4n) is 0.982. The third kappa shape index (κ3) is 4.63. The van der Waals surface area contributed by atoms with Gasteiger partial charge in [-0.2, -0.15) is 0 Å². The molecule has 0 atom stereocenters. The van der Waals surface area contributed by atoms with Gasteiger partial charge in [0, 0.05) is 11.5 Å². The van der Waals surface area contributed by atoms with E-state index in [0.717, 1.165) is 12.2 Å². The maximum atomic E-state index is 3.91. The summed E-state index contributed by atoms with van der Waals surface area (Å²) in [5.41, 5.74) is 2.66. The predicted octanol–water partition coefficient (Wildman–Crippen LogP) is 4.22. The van der Waals surface area contributed by atoms with Crippen molar-refractivity contribution in [3.63, 3.8) is 0 Å². The second kappa shape index (κ2) is 6.39. The van der Waals surface area contributed by atoms with E-state index in [0.29, 0.717) is 0 Å². The average Bonchev–Trinajstić information content (AvgIpc) is 2.15. The first-order chi connectivity index (χ1) is 6.33. The van der Waals surface area contributed by atoms with Crippen LogP contribution in [0.5, 0.6) is 0 Å². The molecule has 0 saturated carbocycles. The Kier molecular flexibility index (Phi) is 5.40. The number of allylic oxidation sites excluding steroid dienone is 4. The minimum absolute atomic E-state index is 1.03. The Labute approximate surface area is 89.0 Å². The first-order valence-electron chi connectivity index (χ1n) is 4.62. The minimum Gasteiger partial charge on any atom is -0.0955 e. The van der Waals surface area contributed by atoms with Crippen molar-refractivity contribution in [3.05, 3.63) is 36.0 Å². The largest absolute Gasteiger partial charge is 0.0955 e. The summed E-state index contributed by atoms with van der Waals surface area (Å²) in [7, 11) is 3.92. The molecule has 1 aliphatic carbocycles. The van der Waals surface area contributed by atoms with Crippen molar-refractivity contribution in [1.82, 2.24) is 0 Å². The number of hydrogen-bond donors (Lipinski definition) is 0. The van der Waals surface area contributed by atoms with E-state index in [-0.39, 0.29) is 0 Å². The molecule has 1 aliphatic rings. The molecule has 0 unspecified atom stereocenters. The highest BCUT2D eigenvalue weighted by Gasteiger charge is 1.99. The van der Waals surface area contributed by atoms with Crippen LogP contribution in [0.15, 0.2) is 36.0 Å². The molecule has 0 fully saturated rings. The van der Waals surface area contributed by atoms with Gasteiger partial charge in [0.1, 0.15) is 0 Å². The zero-order valence-electron chi connectivity index (χ0n) is 8.08. The van der Waals surface area contributed by atoms with Crippen molar-refractivity contribution in [3.8, 4) is 0 Å². The van der Waals surface area contributed by atoms with E-state index in [1.165, 1.54) is 23.3 Å². The summed E-state index contributed by atoms with van der Waals surface area (Å²) in [5.74, 6) is 2.39. The minimum atomic E-state index is 1.03. The van der Waals surface area contributed by atoms with Crippen molar-refractivity contribution >= 4 is 21.6 Å². The lowest BCUT2D eigenvalue weighted by molar-refractivity contribution is 1.11. The van der Waals surface area contributed by atoms with E-state index in [1.54, 1.807) is 0 Å². The Hall–Kier alpha value is -0.0800. The summed E-state index contributed by atoms with van der Waals surface area (Å²) in [4.78, 5) is 0. The number of hydrogen-bond acceptors (Lipinski definition) is 2. The molecule has 13 heavy (non-hydrogen) atoms. The highest BCUT2D eigenvalue weighted by Crippen LogP contribution is 2.26. The normalized spacial score (nSPS) is 16.1. The van der Waals surface area contributed by atoms with Gasteiger partial charge in [-0.3, -0.25) is 0 Å². The molecule has 0 bridgehead atoms. The molecule has 0 aromatic rings. The van der Waals surface area contributed by atoms with E-state index in [9.17, 15) is 0 Å². The molecule has 0 aromatic heterocycles. The van der Waals surface area contributed by atoms with Crippen LogP contribution in [0.1, 0.15) is 19.8 Å². The van der Waals surface area contributed by atoms with Gasteiger partial charge < -0.3 is 0 Å². The summed E-state index contributed by atoms with van der Waals surface area (Å²) in [6.45, 7) is 6.13. The topological polar surface area (TPSA) is 0 Å². The Bertz CT molecular complexity index is 226. The molecule has 0 nitrogen and oxygen atoms in total. The molecule has 72 valence electrons. The van der Waals surface area contributed by atoms with Gasteiger partial charge in [0.05, 0.1) is 0 Å². The van der Waals surface area contributed by atoms with E-state index < -0.39 is 0 Å². The highest BCUT2D eigenvalue weighted by molar-refractivity contribution is 8.76. The van der Waals surface area contributed by atoms with Crippen LogP contribution in [-0.2, 0) is 0 Å². The molecule has 0 amide bonds. The standard InChI is InChI=1S/C11H16S2/c1-3-8-12-13-9-11-6-4-10(2)5-7-11/h4,6-7H,2-3,5,8-9H2,1H3. The van der Waals surface area contributed by atoms with Gasteiger partial charge in [0.25, 0.3) is 0 Å². The maximum Gasteiger partial charge on any atom is 0.0285 e. The fraction of sp³-hybridized carbons (Fsp3) is 0.455. The van der Waals surface area contributed by atoms with Gasteiger partial charge in [-0.15, -0.1) is 0 Å². The van der Waals surface area contributed by atoms with Crippen LogP contribution in [0.3, 0.4) is 0 Å². The van der Waals surface area contributed by atoms with Gasteiger partial charge in [0.15, 0.2) is 0 Å². The van der Waals surface area contributed by atoms with Crippen molar-refractivity contribution in [2.24, 2.45) is 0 Å². The Morgan fingerprint density at radius 3 is 2.85 bits per heavy atom. The van der Waals surface area contributed by atoms with Crippen molar-refractivity contribution in [2.45, 2.75) is 19.8 Å². The van der Waals surface area contributed by atoms with Gasteiger partial charge in [-0.05, 0) is 18.4 Å². The van der Waals surface area contributed by atoms with Crippen LogP contribution in [0, 0.1) is 0 Å². The van der Waals surface area contributed by atoms with Crippen LogP contribution in [0.4, 0.5) is 0 Å². The Morgan fingerprint density at radius 1 is 1.38 bits per heavy atom. The number of rotatable bonds is 5. The predicted molar refractivity (Wildman–Crippen MR) is 66.2 cm³/mol. The fourth-order valence-corrected chi connectivity index (χ4v) is 3.21. The lowest BCUT2D eigenvalue weighted by Crippen LogP contribution is -1.88. The van der Waals surface area contributed by atoms with E-state index >= 15 is 0 Å². The SMILES string of the molecule is C=C1C=CC(CSSCCC)=CC1. The monoisotopic (exact) mass is 212 g/mol. The van der Waals surface area contributed by atoms with Crippen LogP contribution < -0.4 is 0 Å². The lowest BCUT2D eigenvalue weighted by Gasteiger charge is -2.07. The smallest absolute Gasteiger partial charge is 0.0285 e. The molecule has 0 aliphatic heterocycles. The van der Waals surface area contributed by atoms with Crippen molar-refractivity contribution < 1.29 is 0 Å². The zero-order valence-corrected chi connectivity index (χ0v) is 9.72. The molecular weight excluding hydrogens is 196 g/mol. The van der Waals surface area contributed by atoms with Crippen LogP contribution in [0.2, 0.25) is 0 Å². The molecule has 0 heterocycles. The van der Waals surface area contributed by atoms with Gasteiger partial charge in [-0.1, -0.05) is 58.9 Å². The quantitative estimate of drug-likeness (QED) is 0.494. The van der Waals surface area contributed by atoms with Gasteiger partial charge >= 0.3 is 0 Å². The van der Waals surface area contributed by atoms with Gasteiger partial charge in [0.2, 0.25) is 0 Å². The van der Waals surface area contributed by atoms with Gasteiger partial charge in [-0.25, -0.2) is 0 Å². The molecule has 0 aromatic carbocycles. The summed E-state index contributed by atoms with van der Waals surface area (Å²) < 4.78 is 0. The van der Waals surface area contributed by atoms with E-state index in [1.807, 2.05) is 21.6 Å². The molecular formula is C11H16S2. The van der Waals surface area contributed by atoms with E-state index in [2.05, 4.69) is 31.7 Å². The second-order valence-corrected chi connectivity index (χ2v) is 5.64. The third-order valence-electron chi connectivity index (χ3n) is 1.76. The Balaban J connectivity index is 2.16. The van der Waals surface area contributed by atoms with Crippen molar-refractivity contribution in [2.75, 3.05) is 11.5 Å². The molecule has 0 radical (unpaired) electrons. The third-order valence-corrected chi connectivity index (χ3v) is 4.30. The van der Waals surface area contributed by atoms with Crippen LogP contribution in [0.25, 0.3) is 0 Å². The summed E-state index contributed by atoms with van der Waals surface area (Å²) >= 11 is 0. The molecule has 0 N–H and O–H groups in total. The maximum absolute atomic E-state index is 3.91.